The van der Waals surface area contributed by atoms with E-state index >= 15 is 0 Å². The van der Waals surface area contributed by atoms with Crippen LogP contribution in [0.1, 0.15) is 47.0 Å². The van der Waals surface area contributed by atoms with E-state index in [0.29, 0.717) is 6.04 Å². The van der Waals surface area contributed by atoms with Gasteiger partial charge in [0.1, 0.15) is 0 Å². The molecule has 0 amide bonds. The summed E-state index contributed by atoms with van der Waals surface area (Å²) in [6, 6.07) is 0.706. The molecule has 96 valence electrons. The van der Waals surface area contributed by atoms with Crippen molar-refractivity contribution in [2.45, 2.75) is 53.0 Å². The van der Waals surface area contributed by atoms with Gasteiger partial charge in [-0.05, 0) is 50.7 Å². The van der Waals surface area contributed by atoms with Gasteiger partial charge < -0.3 is 10.2 Å². The Kier molecular flexibility index (Phi) is 6.37. The van der Waals surface area contributed by atoms with Crippen LogP contribution in [-0.2, 0) is 0 Å². The number of hydrogen-bond acceptors (Lipinski definition) is 2. The van der Waals surface area contributed by atoms with Crippen molar-refractivity contribution in [1.82, 2.24) is 10.2 Å². The lowest BCUT2D eigenvalue weighted by atomic mass is 9.96. The first-order valence-corrected chi connectivity index (χ1v) is 7.13. The lowest BCUT2D eigenvalue weighted by Gasteiger charge is -2.33. The standard InChI is InChI=1S/C14H30N2/c1-5-14(12(3)4)15-10-13-8-7-9-16(6-2)11-13/h12-15H,5-11H2,1-4H3. The van der Waals surface area contributed by atoms with Gasteiger partial charge in [-0.2, -0.15) is 0 Å². The minimum absolute atomic E-state index is 0.706. The van der Waals surface area contributed by atoms with E-state index in [2.05, 4.69) is 37.9 Å². The average Bonchev–Trinajstić information content (AvgIpc) is 2.29. The molecule has 0 bridgehead atoms. The van der Waals surface area contributed by atoms with Crippen molar-refractivity contribution in [3.8, 4) is 0 Å². The maximum Gasteiger partial charge on any atom is 0.00875 e. The van der Waals surface area contributed by atoms with Crippen LogP contribution in [0.2, 0.25) is 0 Å². The lowest BCUT2D eigenvalue weighted by Crippen LogP contribution is -2.43. The van der Waals surface area contributed by atoms with Crippen LogP contribution in [0.25, 0.3) is 0 Å². The molecule has 2 nitrogen and oxygen atoms in total. The molecule has 2 heteroatoms. The van der Waals surface area contributed by atoms with Crippen LogP contribution in [-0.4, -0.2) is 37.1 Å². The van der Waals surface area contributed by atoms with Gasteiger partial charge in [0, 0.05) is 12.6 Å². The number of hydrogen-bond donors (Lipinski definition) is 1. The summed E-state index contributed by atoms with van der Waals surface area (Å²) in [5, 5.41) is 3.76. The van der Waals surface area contributed by atoms with Crippen LogP contribution in [0.3, 0.4) is 0 Å². The minimum atomic E-state index is 0.706. The molecule has 0 saturated carbocycles. The third-order valence-electron chi connectivity index (χ3n) is 3.96. The summed E-state index contributed by atoms with van der Waals surface area (Å²) in [6.45, 7) is 14.3. The van der Waals surface area contributed by atoms with E-state index in [4.69, 9.17) is 0 Å². The predicted molar refractivity (Wildman–Crippen MR) is 71.8 cm³/mol. The Balaban J connectivity index is 2.25. The van der Waals surface area contributed by atoms with Crippen LogP contribution in [0, 0.1) is 11.8 Å². The molecule has 0 aromatic carbocycles. The Morgan fingerprint density at radius 3 is 2.62 bits per heavy atom. The maximum atomic E-state index is 3.76. The first-order chi connectivity index (χ1) is 7.67. The van der Waals surface area contributed by atoms with Crippen molar-refractivity contribution in [3.63, 3.8) is 0 Å². The Labute approximate surface area is 102 Å². The minimum Gasteiger partial charge on any atom is -0.313 e. The summed E-state index contributed by atoms with van der Waals surface area (Å²) in [4.78, 5) is 2.59. The second-order valence-electron chi connectivity index (χ2n) is 5.57. The third kappa shape index (κ3) is 4.42. The summed E-state index contributed by atoms with van der Waals surface area (Å²) >= 11 is 0. The van der Waals surface area contributed by atoms with Gasteiger partial charge in [0.2, 0.25) is 0 Å². The monoisotopic (exact) mass is 226 g/mol. The summed E-state index contributed by atoms with van der Waals surface area (Å²) in [7, 11) is 0. The van der Waals surface area contributed by atoms with Crippen molar-refractivity contribution in [1.29, 1.82) is 0 Å². The number of rotatable bonds is 6. The molecule has 1 saturated heterocycles. The SMILES string of the molecule is CCC(NCC1CCCN(CC)C1)C(C)C. The molecule has 0 aliphatic carbocycles. The van der Waals surface area contributed by atoms with E-state index in [1.54, 1.807) is 0 Å². The summed E-state index contributed by atoms with van der Waals surface area (Å²) in [6.07, 6.45) is 4.05. The fourth-order valence-corrected chi connectivity index (χ4v) is 2.77. The van der Waals surface area contributed by atoms with Crippen LogP contribution in [0.15, 0.2) is 0 Å². The van der Waals surface area contributed by atoms with Crippen molar-refractivity contribution in [2.24, 2.45) is 11.8 Å². The van der Waals surface area contributed by atoms with Gasteiger partial charge in [-0.1, -0.05) is 27.7 Å². The topological polar surface area (TPSA) is 15.3 Å². The fourth-order valence-electron chi connectivity index (χ4n) is 2.77. The number of nitrogens with one attached hydrogen (secondary N) is 1. The first kappa shape index (κ1) is 14.0. The first-order valence-electron chi connectivity index (χ1n) is 7.13. The molecule has 0 aromatic rings. The van der Waals surface area contributed by atoms with E-state index in [9.17, 15) is 0 Å². The van der Waals surface area contributed by atoms with Gasteiger partial charge in [-0.25, -0.2) is 0 Å². The van der Waals surface area contributed by atoms with Crippen LogP contribution in [0.4, 0.5) is 0 Å². The second-order valence-corrected chi connectivity index (χ2v) is 5.57. The van der Waals surface area contributed by atoms with E-state index in [1.165, 1.54) is 45.4 Å². The Hall–Kier alpha value is -0.0800. The molecule has 16 heavy (non-hydrogen) atoms. The van der Waals surface area contributed by atoms with Crippen LogP contribution >= 0.6 is 0 Å². The molecule has 2 atom stereocenters. The van der Waals surface area contributed by atoms with Gasteiger partial charge >= 0.3 is 0 Å². The average molecular weight is 226 g/mol. The summed E-state index contributed by atoms with van der Waals surface area (Å²) < 4.78 is 0. The molecule has 1 rings (SSSR count). The lowest BCUT2D eigenvalue weighted by molar-refractivity contribution is 0.174. The van der Waals surface area contributed by atoms with E-state index in [1.807, 2.05) is 0 Å². The summed E-state index contributed by atoms with van der Waals surface area (Å²) in [5.41, 5.74) is 0. The van der Waals surface area contributed by atoms with Gasteiger partial charge in [-0.15, -0.1) is 0 Å². The molecule has 0 radical (unpaired) electrons. The van der Waals surface area contributed by atoms with Crippen molar-refractivity contribution >= 4 is 0 Å². The van der Waals surface area contributed by atoms with E-state index in [0.717, 1.165) is 11.8 Å². The number of nitrogens with zero attached hydrogens (tertiary/aromatic N) is 1. The molecule has 0 aromatic heterocycles. The largest absolute Gasteiger partial charge is 0.313 e. The Morgan fingerprint density at radius 2 is 2.06 bits per heavy atom. The molecule has 0 spiro atoms. The number of piperidine rings is 1. The highest BCUT2D eigenvalue weighted by Crippen LogP contribution is 2.16. The molecule has 2 unspecified atom stereocenters. The Bertz CT molecular complexity index is 180. The summed E-state index contributed by atoms with van der Waals surface area (Å²) in [5.74, 6) is 1.64. The Morgan fingerprint density at radius 1 is 1.31 bits per heavy atom. The molecule has 1 heterocycles. The van der Waals surface area contributed by atoms with Gasteiger partial charge in [0.15, 0.2) is 0 Å². The van der Waals surface area contributed by atoms with Gasteiger partial charge in [0.05, 0.1) is 0 Å². The van der Waals surface area contributed by atoms with Crippen molar-refractivity contribution in [2.75, 3.05) is 26.2 Å². The molecular formula is C14H30N2. The second kappa shape index (κ2) is 7.29. The normalized spacial score (nSPS) is 24.9. The highest BCUT2D eigenvalue weighted by Gasteiger charge is 2.20. The zero-order valence-corrected chi connectivity index (χ0v) is 11.6. The maximum absolute atomic E-state index is 3.76. The third-order valence-corrected chi connectivity index (χ3v) is 3.96. The smallest absolute Gasteiger partial charge is 0.00875 e. The highest BCUT2D eigenvalue weighted by atomic mass is 15.1. The van der Waals surface area contributed by atoms with Crippen LogP contribution < -0.4 is 5.32 Å². The van der Waals surface area contributed by atoms with Gasteiger partial charge in [-0.3, -0.25) is 0 Å². The van der Waals surface area contributed by atoms with Crippen molar-refractivity contribution < 1.29 is 0 Å². The highest BCUT2D eigenvalue weighted by molar-refractivity contribution is 4.77. The zero-order valence-electron chi connectivity index (χ0n) is 11.6. The molecule has 1 fully saturated rings. The van der Waals surface area contributed by atoms with E-state index < -0.39 is 0 Å². The zero-order chi connectivity index (χ0) is 12.0. The molecule has 1 aliphatic heterocycles. The fraction of sp³-hybridized carbons (Fsp3) is 1.00. The van der Waals surface area contributed by atoms with Crippen molar-refractivity contribution in [3.05, 3.63) is 0 Å². The predicted octanol–water partition coefficient (Wildman–Crippen LogP) is 2.74. The van der Waals surface area contributed by atoms with E-state index in [-0.39, 0.29) is 0 Å². The molecule has 1 N–H and O–H groups in total. The number of likely N-dealkylation sites (tertiary alicyclic amines) is 1. The van der Waals surface area contributed by atoms with Gasteiger partial charge in [0.25, 0.3) is 0 Å². The molecule has 1 aliphatic rings. The quantitative estimate of drug-likeness (QED) is 0.749. The molecular weight excluding hydrogens is 196 g/mol. The van der Waals surface area contributed by atoms with Crippen LogP contribution in [0.5, 0.6) is 0 Å².